The summed E-state index contributed by atoms with van der Waals surface area (Å²) in [7, 11) is -3.24. The summed E-state index contributed by atoms with van der Waals surface area (Å²) in [4.78, 5) is 12.8. The number of piperidine rings is 1. The van der Waals surface area contributed by atoms with Gasteiger partial charge in [0.25, 0.3) is 0 Å². The average Bonchev–Trinajstić information content (AvgIpc) is 2.60. The van der Waals surface area contributed by atoms with E-state index in [4.69, 9.17) is 0 Å². The molecule has 1 amide bonds. The lowest BCUT2D eigenvalue weighted by atomic mass is 9.91. The molecule has 1 saturated heterocycles. The van der Waals surface area contributed by atoms with Crippen LogP contribution in [0.25, 0.3) is 0 Å². The summed E-state index contributed by atoms with van der Waals surface area (Å²) in [5, 5.41) is 3.17. The molecule has 1 aromatic rings. The van der Waals surface area contributed by atoms with Gasteiger partial charge in [-0.3, -0.25) is 4.79 Å². The quantitative estimate of drug-likeness (QED) is 0.842. The standard InChI is InChI=1S/C19H30N2O3S/c1-5-25(23,24)21-12-8-10-16(13-21)19(22)20-18(14(2)3)17-11-7-6-9-15(17)4/h6-7,9,11,14,16,18H,5,8,10,12-13H2,1-4H3,(H,20,22). The summed E-state index contributed by atoms with van der Waals surface area (Å²) in [6, 6.07) is 8.02. The zero-order chi connectivity index (χ0) is 18.6. The second-order valence-corrected chi connectivity index (χ2v) is 9.44. The zero-order valence-corrected chi connectivity index (χ0v) is 16.5. The van der Waals surface area contributed by atoms with E-state index in [-0.39, 0.29) is 29.5 Å². The molecule has 1 N–H and O–H groups in total. The van der Waals surface area contributed by atoms with E-state index in [1.807, 2.05) is 25.1 Å². The number of carbonyl (C=O) groups is 1. The summed E-state index contributed by atoms with van der Waals surface area (Å²) in [6.07, 6.45) is 1.47. The van der Waals surface area contributed by atoms with Crippen molar-refractivity contribution >= 4 is 15.9 Å². The molecular weight excluding hydrogens is 336 g/mol. The molecule has 25 heavy (non-hydrogen) atoms. The van der Waals surface area contributed by atoms with Crippen molar-refractivity contribution in [1.29, 1.82) is 0 Å². The lowest BCUT2D eigenvalue weighted by Gasteiger charge is -2.33. The lowest BCUT2D eigenvalue weighted by Crippen LogP contribution is -2.47. The number of nitrogens with one attached hydrogen (secondary N) is 1. The number of benzene rings is 1. The van der Waals surface area contributed by atoms with Crippen LogP contribution in [0.2, 0.25) is 0 Å². The third-order valence-electron chi connectivity index (χ3n) is 5.00. The van der Waals surface area contributed by atoms with Gasteiger partial charge in [-0.25, -0.2) is 12.7 Å². The van der Waals surface area contributed by atoms with Gasteiger partial charge >= 0.3 is 0 Å². The van der Waals surface area contributed by atoms with E-state index in [1.165, 1.54) is 4.31 Å². The smallest absolute Gasteiger partial charge is 0.224 e. The molecule has 6 heteroatoms. The van der Waals surface area contributed by atoms with Gasteiger partial charge in [-0.05, 0) is 43.7 Å². The van der Waals surface area contributed by atoms with Crippen LogP contribution in [0.15, 0.2) is 24.3 Å². The maximum absolute atomic E-state index is 12.8. The third kappa shape index (κ3) is 4.82. The van der Waals surface area contributed by atoms with Gasteiger partial charge < -0.3 is 5.32 Å². The summed E-state index contributed by atoms with van der Waals surface area (Å²) in [5.74, 6) is 0.0153. The maximum atomic E-state index is 12.8. The van der Waals surface area contributed by atoms with E-state index in [2.05, 4.69) is 25.2 Å². The molecule has 1 fully saturated rings. The van der Waals surface area contributed by atoms with E-state index in [0.29, 0.717) is 13.1 Å². The van der Waals surface area contributed by atoms with Crippen LogP contribution in [0, 0.1) is 18.8 Å². The number of rotatable bonds is 6. The third-order valence-corrected chi connectivity index (χ3v) is 6.85. The first-order valence-corrected chi connectivity index (χ1v) is 10.7. The zero-order valence-electron chi connectivity index (χ0n) is 15.7. The van der Waals surface area contributed by atoms with Crippen LogP contribution in [0.4, 0.5) is 0 Å². The molecule has 140 valence electrons. The fourth-order valence-corrected chi connectivity index (χ4v) is 4.58. The van der Waals surface area contributed by atoms with Gasteiger partial charge in [0, 0.05) is 13.1 Å². The molecule has 1 aliphatic heterocycles. The van der Waals surface area contributed by atoms with Crippen molar-refractivity contribution in [2.45, 2.75) is 46.6 Å². The molecular formula is C19H30N2O3S. The summed E-state index contributed by atoms with van der Waals surface area (Å²) in [6.45, 7) is 8.68. The monoisotopic (exact) mass is 366 g/mol. The Morgan fingerprint density at radius 2 is 2.00 bits per heavy atom. The summed E-state index contributed by atoms with van der Waals surface area (Å²) in [5.41, 5.74) is 2.28. The Hall–Kier alpha value is -1.40. The number of hydrogen-bond donors (Lipinski definition) is 1. The number of nitrogens with zero attached hydrogens (tertiary/aromatic N) is 1. The SMILES string of the molecule is CCS(=O)(=O)N1CCCC(C(=O)NC(c2ccccc2C)C(C)C)C1. The minimum absolute atomic E-state index is 0.0436. The molecule has 1 aliphatic rings. The second-order valence-electron chi connectivity index (χ2n) is 7.18. The fourth-order valence-electron chi connectivity index (χ4n) is 3.40. The molecule has 0 spiro atoms. The minimum atomic E-state index is -3.24. The molecule has 5 nitrogen and oxygen atoms in total. The number of amides is 1. The topological polar surface area (TPSA) is 66.5 Å². The molecule has 2 rings (SSSR count). The van der Waals surface area contributed by atoms with E-state index >= 15 is 0 Å². The highest BCUT2D eigenvalue weighted by Crippen LogP contribution is 2.26. The highest BCUT2D eigenvalue weighted by Gasteiger charge is 2.32. The Bertz CT molecular complexity index is 700. The number of sulfonamides is 1. The van der Waals surface area contributed by atoms with Gasteiger partial charge in [0.15, 0.2) is 0 Å². The Balaban J connectivity index is 2.12. The highest BCUT2D eigenvalue weighted by molar-refractivity contribution is 7.89. The lowest BCUT2D eigenvalue weighted by molar-refractivity contribution is -0.127. The Kier molecular flexibility index (Phi) is 6.63. The molecule has 2 unspecified atom stereocenters. The van der Waals surface area contributed by atoms with Crippen molar-refractivity contribution in [3.8, 4) is 0 Å². The van der Waals surface area contributed by atoms with Crippen LogP contribution in [-0.4, -0.2) is 37.5 Å². The minimum Gasteiger partial charge on any atom is -0.349 e. The van der Waals surface area contributed by atoms with Crippen LogP contribution < -0.4 is 5.32 Å². The van der Waals surface area contributed by atoms with Crippen LogP contribution in [0.3, 0.4) is 0 Å². The predicted octanol–water partition coefficient (Wildman–Crippen LogP) is 2.87. The van der Waals surface area contributed by atoms with Crippen molar-refractivity contribution in [2.24, 2.45) is 11.8 Å². The number of aryl methyl sites for hydroxylation is 1. The molecule has 0 bridgehead atoms. The molecule has 2 atom stereocenters. The van der Waals surface area contributed by atoms with E-state index in [1.54, 1.807) is 6.92 Å². The van der Waals surface area contributed by atoms with Crippen LogP contribution >= 0.6 is 0 Å². The summed E-state index contributed by atoms with van der Waals surface area (Å²) < 4.78 is 25.7. The first kappa shape index (κ1) is 19.9. The van der Waals surface area contributed by atoms with Gasteiger partial charge in [0.05, 0.1) is 17.7 Å². The largest absolute Gasteiger partial charge is 0.349 e. The average molecular weight is 367 g/mol. The van der Waals surface area contributed by atoms with E-state index in [9.17, 15) is 13.2 Å². The normalized spacial score (nSPS) is 20.4. The second kappa shape index (κ2) is 8.32. The molecule has 1 aromatic carbocycles. The van der Waals surface area contributed by atoms with Gasteiger partial charge in [-0.15, -0.1) is 0 Å². The van der Waals surface area contributed by atoms with Crippen molar-refractivity contribution in [3.63, 3.8) is 0 Å². The Morgan fingerprint density at radius 1 is 1.32 bits per heavy atom. The summed E-state index contributed by atoms with van der Waals surface area (Å²) >= 11 is 0. The van der Waals surface area contributed by atoms with Crippen molar-refractivity contribution < 1.29 is 13.2 Å². The molecule has 0 radical (unpaired) electrons. The van der Waals surface area contributed by atoms with Crippen molar-refractivity contribution in [1.82, 2.24) is 9.62 Å². The van der Waals surface area contributed by atoms with Crippen molar-refractivity contribution in [2.75, 3.05) is 18.8 Å². The van der Waals surface area contributed by atoms with Gasteiger partial charge in [0.2, 0.25) is 15.9 Å². The molecule has 0 aliphatic carbocycles. The Morgan fingerprint density at radius 3 is 2.60 bits per heavy atom. The first-order chi connectivity index (χ1) is 11.8. The molecule has 0 aromatic heterocycles. The molecule has 0 saturated carbocycles. The highest BCUT2D eigenvalue weighted by atomic mass is 32.2. The number of carbonyl (C=O) groups excluding carboxylic acids is 1. The maximum Gasteiger partial charge on any atom is 0.224 e. The predicted molar refractivity (Wildman–Crippen MR) is 101 cm³/mol. The fraction of sp³-hybridized carbons (Fsp3) is 0.632. The van der Waals surface area contributed by atoms with Crippen LogP contribution in [-0.2, 0) is 14.8 Å². The van der Waals surface area contributed by atoms with Crippen LogP contribution in [0.5, 0.6) is 0 Å². The first-order valence-electron chi connectivity index (χ1n) is 9.10. The van der Waals surface area contributed by atoms with Gasteiger partial charge in [-0.1, -0.05) is 38.1 Å². The van der Waals surface area contributed by atoms with E-state index < -0.39 is 10.0 Å². The number of hydrogen-bond acceptors (Lipinski definition) is 3. The van der Waals surface area contributed by atoms with Gasteiger partial charge in [0.1, 0.15) is 0 Å². The van der Waals surface area contributed by atoms with Gasteiger partial charge in [-0.2, -0.15) is 0 Å². The Labute approximate surface area is 151 Å². The van der Waals surface area contributed by atoms with Crippen molar-refractivity contribution in [3.05, 3.63) is 35.4 Å². The van der Waals surface area contributed by atoms with E-state index in [0.717, 1.165) is 24.0 Å². The van der Waals surface area contributed by atoms with Crippen LogP contribution in [0.1, 0.15) is 50.8 Å². The molecule has 1 heterocycles.